The quantitative estimate of drug-likeness (QED) is 0.615. The van der Waals surface area contributed by atoms with Gasteiger partial charge in [0.15, 0.2) is 11.2 Å². The van der Waals surface area contributed by atoms with Crippen molar-refractivity contribution in [2.45, 2.75) is 25.0 Å². The molecular formula is C8H12F2O3. The monoisotopic (exact) mass is 194 g/mol. The molecule has 0 aliphatic carbocycles. The van der Waals surface area contributed by atoms with Gasteiger partial charge < -0.3 is 9.47 Å². The van der Waals surface area contributed by atoms with Gasteiger partial charge in [0.25, 0.3) is 0 Å². The van der Waals surface area contributed by atoms with Crippen LogP contribution in [0, 0.1) is 0 Å². The molecule has 0 aromatic rings. The van der Waals surface area contributed by atoms with Crippen LogP contribution >= 0.6 is 0 Å². The maximum atomic E-state index is 12.3. The molecule has 0 amide bonds. The van der Waals surface area contributed by atoms with Crippen LogP contribution in [0.4, 0.5) is 8.78 Å². The highest BCUT2D eigenvalue weighted by Crippen LogP contribution is 2.27. The molecule has 1 aliphatic heterocycles. The van der Waals surface area contributed by atoms with E-state index in [2.05, 4.69) is 0 Å². The predicted octanol–water partition coefficient (Wildman–Crippen LogP) is 1.02. The molecule has 13 heavy (non-hydrogen) atoms. The van der Waals surface area contributed by atoms with Gasteiger partial charge in [0.1, 0.15) is 13.3 Å². The van der Waals surface area contributed by atoms with Crippen molar-refractivity contribution in [1.29, 1.82) is 0 Å². The van der Waals surface area contributed by atoms with Crippen molar-refractivity contribution in [3.63, 3.8) is 0 Å². The molecule has 0 radical (unpaired) electrons. The van der Waals surface area contributed by atoms with Gasteiger partial charge in [0, 0.05) is 0 Å². The summed E-state index contributed by atoms with van der Waals surface area (Å²) < 4.78 is 34.4. The van der Waals surface area contributed by atoms with Gasteiger partial charge in [-0.25, -0.2) is 13.6 Å². The zero-order valence-corrected chi connectivity index (χ0v) is 7.60. The molecule has 0 aromatic carbocycles. The zero-order chi connectivity index (χ0) is 10.1. The van der Waals surface area contributed by atoms with Crippen molar-refractivity contribution in [2.75, 3.05) is 20.0 Å². The maximum Gasteiger partial charge on any atom is 0.341 e. The lowest BCUT2D eigenvalue weighted by Gasteiger charge is -2.38. The Bertz CT molecular complexity index is 221. The van der Waals surface area contributed by atoms with Crippen LogP contribution in [-0.2, 0) is 14.3 Å². The first kappa shape index (κ1) is 10.4. The summed E-state index contributed by atoms with van der Waals surface area (Å²) in [6.45, 7) is 0.779. The van der Waals surface area contributed by atoms with Crippen molar-refractivity contribution >= 4 is 5.97 Å². The molecule has 2 atom stereocenters. The fraction of sp³-hybridized carbons (Fsp3) is 0.875. The van der Waals surface area contributed by atoms with E-state index in [9.17, 15) is 13.6 Å². The lowest BCUT2D eigenvalue weighted by Crippen LogP contribution is -2.56. The molecule has 1 aliphatic rings. The molecule has 1 heterocycles. The third-order valence-electron chi connectivity index (χ3n) is 2.00. The van der Waals surface area contributed by atoms with Crippen LogP contribution in [0.1, 0.15) is 13.8 Å². The van der Waals surface area contributed by atoms with E-state index < -0.39 is 30.5 Å². The Labute approximate surface area is 75.0 Å². The van der Waals surface area contributed by atoms with Crippen molar-refractivity contribution < 1.29 is 23.0 Å². The van der Waals surface area contributed by atoms with Gasteiger partial charge in [0.2, 0.25) is 0 Å². The van der Waals surface area contributed by atoms with Crippen LogP contribution in [0.15, 0.2) is 0 Å². The molecular weight excluding hydrogens is 182 g/mol. The lowest BCUT2D eigenvalue weighted by molar-refractivity contribution is -0.227. The largest absolute Gasteiger partial charge is 0.452 e. The molecule has 3 nitrogen and oxygen atoms in total. The summed E-state index contributed by atoms with van der Waals surface area (Å²) in [6.07, 6.45) is 0. The molecule has 76 valence electrons. The number of ether oxygens (including phenoxy) is 2. The summed E-state index contributed by atoms with van der Waals surface area (Å²) in [7, 11) is 0. The second-order valence-corrected chi connectivity index (χ2v) is 3.63. The standard InChI is InChI=1S/C8H12F2O3/c1-7(3-9)5-12-8(2,4-10)6(11)13-7/h3-5H2,1-2H3. The van der Waals surface area contributed by atoms with Gasteiger partial charge in [-0.3, -0.25) is 0 Å². The minimum atomic E-state index is -1.56. The fourth-order valence-corrected chi connectivity index (χ4v) is 0.891. The molecule has 1 saturated heterocycles. The van der Waals surface area contributed by atoms with Crippen molar-refractivity contribution in [3.8, 4) is 0 Å². The average Bonchev–Trinajstić information content (AvgIpc) is 2.13. The zero-order valence-electron chi connectivity index (χ0n) is 7.60. The summed E-state index contributed by atoms with van der Waals surface area (Å²) in [5.74, 6) is -0.846. The Hall–Kier alpha value is -0.710. The first-order chi connectivity index (χ1) is 5.96. The van der Waals surface area contributed by atoms with Crippen LogP contribution < -0.4 is 0 Å². The van der Waals surface area contributed by atoms with E-state index in [-0.39, 0.29) is 6.61 Å². The third kappa shape index (κ3) is 1.80. The Morgan fingerprint density at radius 2 is 2.00 bits per heavy atom. The molecule has 5 heteroatoms. The highest BCUT2D eigenvalue weighted by atomic mass is 19.1. The second kappa shape index (κ2) is 3.21. The number of halogens is 2. The molecule has 1 fully saturated rings. The van der Waals surface area contributed by atoms with E-state index >= 15 is 0 Å². The molecule has 0 aromatic heterocycles. The fourth-order valence-electron chi connectivity index (χ4n) is 0.891. The summed E-state index contributed by atoms with van der Waals surface area (Å²) in [5, 5.41) is 0. The summed E-state index contributed by atoms with van der Waals surface area (Å²) in [5.41, 5.74) is -2.82. The molecule has 0 N–H and O–H groups in total. The van der Waals surface area contributed by atoms with Gasteiger partial charge in [-0.2, -0.15) is 0 Å². The van der Waals surface area contributed by atoms with Crippen LogP contribution in [0.3, 0.4) is 0 Å². The Balaban J connectivity index is 2.72. The molecule has 2 unspecified atom stereocenters. The van der Waals surface area contributed by atoms with E-state index in [1.54, 1.807) is 0 Å². The van der Waals surface area contributed by atoms with Crippen LogP contribution in [-0.4, -0.2) is 37.1 Å². The van der Waals surface area contributed by atoms with Crippen molar-refractivity contribution in [2.24, 2.45) is 0 Å². The summed E-state index contributed by atoms with van der Waals surface area (Å²) in [6, 6.07) is 0. The smallest absolute Gasteiger partial charge is 0.341 e. The number of cyclic esters (lactones) is 1. The predicted molar refractivity (Wildman–Crippen MR) is 40.8 cm³/mol. The van der Waals surface area contributed by atoms with Gasteiger partial charge in [0.05, 0.1) is 6.61 Å². The first-order valence-electron chi connectivity index (χ1n) is 3.95. The molecule has 0 spiro atoms. The van der Waals surface area contributed by atoms with Gasteiger partial charge >= 0.3 is 5.97 Å². The van der Waals surface area contributed by atoms with Gasteiger partial charge in [-0.1, -0.05) is 0 Å². The number of hydrogen-bond donors (Lipinski definition) is 0. The Morgan fingerprint density at radius 3 is 2.38 bits per heavy atom. The number of hydrogen-bond acceptors (Lipinski definition) is 3. The van der Waals surface area contributed by atoms with Crippen LogP contribution in [0.5, 0.6) is 0 Å². The minimum Gasteiger partial charge on any atom is -0.452 e. The van der Waals surface area contributed by atoms with Crippen LogP contribution in [0.2, 0.25) is 0 Å². The SMILES string of the molecule is CC1(CF)COC(C)(CF)C(=O)O1. The normalized spacial score (nSPS) is 40.2. The number of carbonyl (C=O) groups is 1. The Morgan fingerprint density at radius 1 is 1.38 bits per heavy atom. The lowest BCUT2D eigenvalue weighted by atomic mass is 10.0. The number of alkyl halides is 2. The summed E-state index contributed by atoms with van der Waals surface area (Å²) in [4.78, 5) is 11.2. The first-order valence-corrected chi connectivity index (χ1v) is 3.95. The second-order valence-electron chi connectivity index (χ2n) is 3.63. The maximum absolute atomic E-state index is 12.3. The van der Waals surface area contributed by atoms with E-state index in [0.717, 1.165) is 0 Å². The van der Waals surface area contributed by atoms with E-state index in [1.165, 1.54) is 13.8 Å². The third-order valence-corrected chi connectivity index (χ3v) is 2.00. The van der Waals surface area contributed by atoms with Gasteiger partial charge in [-0.05, 0) is 13.8 Å². The van der Waals surface area contributed by atoms with E-state index in [4.69, 9.17) is 9.47 Å². The summed E-state index contributed by atoms with van der Waals surface area (Å²) >= 11 is 0. The number of carbonyl (C=O) groups excluding carboxylic acids is 1. The number of esters is 1. The Kier molecular flexibility index (Phi) is 2.56. The van der Waals surface area contributed by atoms with E-state index in [1.807, 2.05) is 0 Å². The van der Waals surface area contributed by atoms with Crippen LogP contribution in [0.25, 0.3) is 0 Å². The van der Waals surface area contributed by atoms with Crippen molar-refractivity contribution in [3.05, 3.63) is 0 Å². The average molecular weight is 194 g/mol. The number of rotatable bonds is 2. The molecule has 0 bridgehead atoms. The van der Waals surface area contributed by atoms with Gasteiger partial charge in [-0.15, -0.1) is 0 Å². The minimum absolute atomic E-state index is 0.115. The topological polar surface area (TPSA) is 35.5 Å². The highest BCUT2D eigenvalue weighted by molar-refractivity contribution is 5.80. The highest BCUT2D eigenvalue weighted by Gasteiger charge is 2.47. The molecule has 1 rings (SSSR count). The van der Waals surface area contributed by atoms with E-state index in [0.29, 0.717) is 0 Å². The molecule has 0 saturated carbocycles. The van der Waals surface area contributed by atoms with Crippen molar-refractivity contribution in [1.82, 2.24) is 0 Å².